The first-order valence-corrected chi connectivity index (χ1v) is 11.4. The van der Waals surface area contributed by atoms with Crippen LogP contribution in [0.3, 0.4) is 0 Å². The molecular weight excluding hydrogens is 436 g/mol. The molecule has 0 radical (unpaired) electrons. The van der Waals surface area contributed by atoms with Crippen LogP contribution in [0.25, 0.3) is 0 Å². The maximum absolute atomic E-state index is 13.2. The van der Waals surface area contributed by atoms with Crippen LogP contribution in [0, 0.1) is 5.92 Å². The normalized spacial score (nSPS) is 15.4. The van der Waals surface area contributed by atoms with Crippen LogP contribution in [-0.2, 0) is 32.7 Å². The summed E-state index contributed by atoms with van der Waals surface area (Å²) in [6.45, 7) is 2.99. The molecule has 0 aliphatic carbocycles. The van der Waals surface area contributed by atoms with Gasteiger partial charge in [-0.05, 0) is 23.5 Å². The second-order valence-electron chi connectivity index (χ2n) is 7.76. The van der Waals surface area contributed by atoms with E-state index in [0.29, 0.717) is 11.1 Å². The summed E-state index contributed by atoms with van der Waals surface area (Å²) >= 11 is 0. The number of carbonyl (C=O) groups is 2. The zero-order valence-corrected chi connectivity index (χ0v) is 18.7. The number of carbonyl (C=O) groups excluding carboxylic acids is 2. The quantitative estimate of drug-likeness (QED) is 0.387. The molecule has 174 valence electrons. The number of ether oxygens (including phenoxy) is 1. The van der Waals surface area contributed by atoms with Crippen LogP contribution < -0.4 is 11.1 Å². The zero-order valence-electron chi connectivity index (χ0n) is 17.8. The lowest BCUT2D eigenvalue weighted by molar-refractivity contribution is -0.135. The molecule has 2 rings (SSSR count). The van der Waals surface area contributed by atoms with Crippen LogP contribution in [-0.4, -0.2) is 47.0 Å². The number of nitrogens with one attached hydrogen (secondary N) is 1. The molecule has 9 nitrogen and oxygen atoms in total. The maximum Gasteiger partial charge on any atom is 0.408 e. The van der Waals surface area contributed by atoms with E-state index in [1.165, 1.54) is 13.8 Å². The molecule has 2 aromatic rings. The molecule has 5 N–H and O–H groups in total. The lowest BCUT2D eigenvalue weighted by Crippen LogP contribution is -2.65. The first-order valence-electron chi connectivity index (χ1n) is 9.97. The van der Waals surface area contributed by atoms with Crippen molar-refractivity contribution < 1.29 is 32.4 Å². The van der Waals surface area contributed by atoms with E-state index in [1.54, 1.807) is 60.7 Å². The first kappa shape index (κ1) is 25.5. The van der Waals surface area contributed by atoms with Crippen molar-refractivity contribution in [1.29, 1.82) is 0 Å². The summed E-state index contributed by atoms with van der Waals surface area (Å²) in [5, 5.41) is 13.2. The topological polar surface area (TPSA) is 156 Å². The Labute approximate surface area is 187 Å². The highest BCUT2D eigenvalue weighted by Gasteiger charge is 2.56. The lowest BCUT2D eigenvalue weighted by atomic mass is 9.90. The van der Waals surface area contributed by atoms with Crippen molar-refractivity contribution in [3.05, 3.63) is 71.8 Å². The molecule has 10 heteroatoms. The average Bonchev–Trinajstić information content (AvgIpc) is 2.75. The van der Waals surface area contributed by atoms with E-state index in [0.717, 1.165) is 0 Å². The second kappa shape index (κ2) is 10.7. The van der Waals surface area contributed by atoms with Crippen LogP contribution in [0.5, 0.6) is 0 Å². The van der Waals surface area contributed by atoms with Gasteiger partial charge < -0.3 is 20.9 Å². The molecule has 0 saturated carbocycles. The van der Waals surface area contributed by atoms with Crippen molar-refractivity contribution in [3.63, 3.8) is 0 Å². The van der Waals surface area contributed by atoms with Gasteiger partial charge in [0.25, 0.3) is 4.93 Å². The van der Waals surface area contributed by atoms with Crippen LogP contribution >= 0.6 is 0 Å². The first-order chi connectivity index (χ1) is 15.0. The predicted molar refractivity (Wildman–Crippen MR) is 118 cm³/mol. The molecule has 0 saturated heterocycles. The Bertz CT molecular complexity index is 1010. The molecule has 0 aliphatic rings. The number of Topliss-reactive ketones (excluding diaryl/α,β-unsaturated/α-hetero) is 1. The van der Waals surface area contributed by atoms with Gasteiger partial charge in [-0.3, -0.25) is 9.35 Å². The second-order valence-corrected chi connectivity index (χ2v) is 9.33. The van der Waals surface area contributed by atoms with Gasteiger partial charge in [0.15, 0.2) is 0 Å². The fourth-order valence-corrected chi connectivity index (χ4v) is 4.00. The fourth-order valence-electron chi connectivity index (χ4n) is 3.16. The van der Waals surface area contributed by atoms with Crippen LogP contribution in [0.4, 0.5) is 4.79 Å². The van der Waals surface area contributed by atoms with E-state index >= 15 is 0 Å². The number of nitrogens with two attached hydrogens (primary N) is 1. The van der Waals surface area contributed by atoms with Crippen molar-refractivity contribution in [2.24, 2.45) is 11.7 Å². The molecule has 0 aliphatic heterocycles. The highest BCUT2D eigenvalue weighted by Crippen LogP contribution is 2.25. The number of hydrogen-bond donors (Lipinski definition) is 4. The molecule has 1 amide bonds. The number of rotatable bonds is 10. The third-order valence-electron chi connectivity index (χ3n) is 4.98. The Kier molecular flexibility index (Phi) is 8.51. The number of alkyl carbamates (subject to hydrolysis) is 1. The molecule has 0 aromatic heterocycles. The highest BCUT2D eigenvalue weighted by molar-refractivity contribution is 7.88. The van der Waals surface area contributed by atoms with Gasteiger partial charge in [0.2, 0.25) is 5.78 Å². The Morgan fingerprint density at radius 2 is 1.53 bits per heavy atom. The van der Waals surface area contributed by atoms with Crippen molar-refractivity contribution >= 4 is 22.0 Å². The molecular formula is C22H28N2O7S. The van der Waals surface area contributed by atoms with Crippen LogP contribution in [0.1, 0.15) is 25.0 Å². The maximum atomic E-state index is 13.2. The van der Waals surface area contributed by atoms with Gasteiger partial charge in [0.1, 0.15) is 6.61 Å². The summed E-state index contributed by atoms with van der Waals surface area (Å²) in [6, 6.07) is 13.9. The molecule has 2 aromatic carbocycles. The SMILES string of the molecule is CC(C)[C@H](NC(=O)OCc1ccccc1)C(=O)C(O)(C(N)Cc1ccccc1)S(=O)(=O)O. The lowest BCUT2D eigenvalue weighted by Gasteiger charge is -2.33. The van der Waals surface area contributed by atoms with E-state index in [1.807, 2.05) is 0 Å². The molecule has 0 heterocycles. The fraction of sp³-hybridized carbons (Fsp3) is 0.364. The minimum atomic E-state index is -5.36. The summed E-state index contributed by atoms with van der Waals surface area (Å²) in [5.74, 6) is -2.00. The third-order valence-corrected chi connectivity index (χ3v) is 6.27. The van der Waals surface area contributed by atoms with Crippen molar-refractivity contribution in [2.75, 3.05) is 0 Å². The van der Waals surface area contributed by atoms with E-state index in [-0.39, 0.29) is 13.0 Å². The average molecular weight is 465 g/mol. The van der Waals surface area contributed by atoms with Gasteiger partial charge in [-0.25, -0.2) is 4.79 Å². The summed E-state index contributed by atoms with van der Waals surface area (Å²) in [7, 11) is -5.36. The Morgan fingerprint density at radius 3 is 2.00 bits per heavy atom. The van der Waals surface area contributed by atoms with Crippen molar-refractivity contribution in [3.8, 4) is 0 Å². The largest absolute Gasteiger partial charge is 0.445 e. The molecule has 0 bridgehead atoms. The summed E-state index contributed by atoms with van der Waals surface area (Å²) < 4.78 is 39.1. The van der Waals surface area contributed by atoms with Gasteiger partial charge in [-0.15, -0.1) is 0 Å². The highest BCUT2D eigenvalue weighted by atomic mass is 32.2. The van der Waals surface area contributed by atoms with Crippen molar-refractivity contribution in [2.45, 2.75) is 43.9 Å². The number of benzene rings is 2. The van der Waals surface area contributed by atoms with Gasteiger partial charge in [-0.1, -0.05) is 74.5 Å². The van der Waals surface area contributed by atoms with E-state index < -0.39 is 44.9 Å². The van der Waals surface area contributed by atoms with E-state index in [4.69, 9.17) is 10.5 Å². The minimum Gasteiger partial charge on any atom is -0.445 e. The summed E-state index contributed by atoms with van der Waals surface area (Å²) in [6.07, 6.45) is -1.21. The summed E-state index contributed by atoms with van der Waals surface area (Å²) in [4.78, 5) is 22.1. The van der Waals surface area contributed by atoms with Crippen molar-refractivity contribution in [1.82, 2.24) is 5.32 Å². The Morgan fingerprint density at radius 1 is 1.03 bits per heavy atom. The summed E-state index contributed by atoms with van der Waals surface area (Å²) in [5.41, 5.74) is 7.17. The van der Waals surface area contributed by atoms with Gasteiger partial charge in [0.05, 0.1) is 12.1 Å². The Hall–Kier alpha value is -2.79. The van der Waals surface area contributed by atoms with Gasteiger partial charge in [-0.2, -0.15) is 8.42 Å². The standard InChI is InChI=1S/C22H28N2O7S/c1-15(2)19(24-21(26)31-14-17-11-7-4-8-12-17)20(25)22(27,32(28,29)30)18(23)13-16-9-5-3-6-10-16/h3-12,15,18-19,27H,13-14,23H2,1-2H3,(H,24,26)(H,28,29,30)/t18?,19-,22?/m0/s1. The van der Waals surface area contributed by atoms with Gasteiger partial charge in [0, 0.05) is 0 Å². The molecule has 32 heavy (non-hydrogen) atoms. The molecule has 3 atom stereocenters. The van der Waals surface area contributed by atoms with Crippen LogP contribution in [0.15, 0.2) is 60.7 Å². The smallest absolute Gasteiger partial charge is 0.408 e. The number of ketones is 1. The minimum absolute atomic E-state index is 0.0816. The Balaban J connectivity index is 2.23. The molecule has 2 unspecified atom stereocenters. The van der Waals surface area contributed by atoms with Gasteiger partial charge >= 0.3 is 16.2 Å². The molecule has 0 spiro atoms. The number of hydrogen-bond acceptors (Lipinski definition) is 7. The van der Waals surface area contributed by atoms with E-state index in [2.05, 4.69) is 5.32 Å². The number of amides is 1. The predicted octanol–water partition coefficient (Wildman–Crippen LogP) is 1.65. The molecule has 0 fully saturated rings. The van der Waals surface area contributed by atoms with Crippen LogP contribution in [0.2, 0.25) is 0 Å². The third kappa shape index (κ3) is 6.13. The monoisotopic (exact) mass is 464 g/mol. The number of aliphatic hydroxyl groups is 1. The van der Waals surface area contributed by atoms with E-state index in [9.17, 15) is 27.7 Å². The zero-order chi connectivity index (χ0) is 23.9.